The van der Waals surface area contributed by atoms with Crippen LogP contribution in [0.2, 0.25) is 0 Å². The van der Waals surface area contributed by atoms with E-state index in [1.54, 1.807) is 0 Å². The average Bonchev–Trinajstić information content (AvgIpc) is 1.67. The Hall–Kier alpha value is -0.528. The molecule has 0 fully saturated rings. The van der Waals surface area contributed by atoms with Crippen LogP contribution in [-0.2, 0) is 27.0 Å². The number of rotatable bonds is 3. The largest absolute Gasteiger partial charge is 0.520 e. The fourth-order valence-corrected chi connectivity index (χ4v) is 0.150. The second-order valence-corrected chi connectivity index (χ2v) is 1.31. The molecule has 0 aliphatic heterocycles. The van der Waals surface area contributed by atoms with Gasteiger partial charge in [0, 0.05) is 17.4 Å². The van der Waals surface area contributed by atoms with Crippen molar-refractivity contribution in [3.63, 3.8) is 0 Å². The van der Waals surface area contributed by atoms with Crippen LogP contribution in [0.15, 0.2) is 0 Å². The maximum atomic E-state index is 9.85. The number of aliphatic carboxylic acids is 1. The zero-order valence-electron chi connectivity index (χ0n) is 4.75. The number of carbonyl (C=O) groups is 1. The van der Waals surface area contributed by atoms with Gasteiger partial charge in [-0.05, 0) is 6.92 Å². The number of carboxylic acids is 1. The van der Waals surface area contributed by atoms with Crippen LogP contribution < -0.4 is 5.32 Å². The Morgan fingerprint density at radius 1 is 1.78 bits per heavy atom. The Bertz CT molecular complexity index is 106. The molecule has 0 bridgehead atoms. The van der Waals surface area contributed by atoms with E-state index in [-0.39, 0.29) is 17.4 Å². The van der Waals surface area contributed by atoms with Gasteiger partial charge in [-0.25, -0.2) is 0 Å². The van der Waals surface area contributed by atoms with E-state index in [2.05, 4.69) is 0 Å². The molecule has 5 heteroatoms. The fourth-order valence-electron chi connectivity index (χ4n) is 0.150. The predicted octanol–water partition coefficient (Wildman–Crippen LogP) is -0.886. The number of amides is 1. The van der Waals surface area contributed by atoms with Crippen LogP contribution in [0.5, 0.6) is 0 Å². The smallest absolute Gasteiger partial charge is 0.323 e. The first-order valence-electron chi connectivity index (χ1n) is 2.04. The van der Waals surface area contributed by atoms with Gasteiger partial charge in [0.2, 0.25) is 0 Å². The van der Waals surface area contributed by atoms with Crippen molar-refractivity contribution in [2.24, 2.45) is 0 Å². The molecule has 0 radical (unpaired) electrons. The molecule has 0 aliphatic carbocycles. The number of hydrogen-bond acceptors (Lipinski definition) is 2. The zero-order valence-corrected chi connectivity index (χ0v) is 6.02. The normalized spacial score (nSPS) is 10.8. The van der Waals surface area contributed by atoms with Crippen molar-refractivity contribution >= 4 is 12.4 Å². The molecule has 52 valence electrons. The second kappa shape index (κ2) is 5.61. The summed E-state index contributed by atoms with van der Waals surface area (Å²) in [7, 11) is 0. The van der Waals surface area contributed by atoms with E-state index in [1.165, 1.54) is 13.3 Å². The van der Waals surface area contributed by atoms with E-state index in [1.807, 2.05) is 5.32 Å². The summed E-state index contributed by atoms with van der Waals surface area (Å²) in [6.07, 6.45) is 1.27. The topological polar surface area (TPSA) is 66.4 Å². The first kappa shape index (κ1) is 11.3. The summed E-state index contributed by atoms with van der Waals surface area (Å²) in [5.74, 6) is -1.06. The van der Waals surface area contributed by atoms with Crippen LogP contribution in [0, 0.1) is 0 Å². The van der Waals surface area contributed by atoms with Crippen LogP contribution in [0.1, 0.15) is 6.92 Å². The Labute approximate surface area is 63.4 Å². The van der Waals surface area contributed by atoms with Crippen molar-refractivity contribution in [2.45, 2.75) is 13.0 Å². The summed E-state index contributed by atoms with van der Waals surface area (Å²) in [5, 5.41) is 10.0. The summed E-state index contributed by atoms with van der Waals surface area (Å²) in [6, 6.07) is -0.840. The van der Waals surface area contributed by atoms with E-state index in [0.29, 0.717) is 0 Å². The number of nitrogens with one attached hydrogen (secondary N) is 1. The van der Waals surface area contributed by atoms with Gasteiger partial charge in [-0.2, -0.15) is 6.41 Å². The van der Waals surface area contributed by atoms with Gasteiger partial charge in [0.05, 0.1) is 6.04 Å². The first-order valence-corrected chi connectivity index (χ1v) is 2.04. The molecule has 1 unspecified atom stereocenters. The van der Waals surface area contributed by atoms with Gasteiger partial charge in [0.15, 0.2) is 0 Å². The maximum Gasteiger partial charge on any atom is 0.323 e. The van der Waals surface area contributed by atoms with Crippen molar-refractivity contribution in [1.29, 1.82) is 0 Å². The Kier molecular flexibility index (Phi) is 7.03. The Morgan fingerprint density at radius 2 is 2.22 bits per heavy atom. The molecule has 0 saturated carbocycles. The minimum Gasteiger partial charge on any atom is -0.520 e. The minimum atomic E-state index is -1.06. The number of carboxylic acid groups (broad SMARTS) is 1. The zero-order chi connectivity index (χ0) is 6.57. The molecule has 1 atom stereocenters. The van der Waals surface area contributed by atoms with Crippen molar-refractivity contribution in [3.8, 4) is 0 Å². The Morgan fingerprint density at radius 3 is 2.33 bits per heavy atom. The third-order valence-electron chi connectivity index (χ3n) is 0.646. The first-order chi connectivity index (χ1) is 3.68. The summed E-state index contributed by atoms with van der Waals surface area (Å²) in [4.78, 5) is 19.3. The van der Waals surface area contributed by atoms with Crippen molar-refractivity contribution in [3.05, 3.63) is 0 Å². The maximum absolute atomic E-state index is 9.85. The van der Waals surface area contributed by atoms with Crippen LogP contribution in [0.25, 0.3) is 0 Å². The van der Waals surface area contributed by atoms with Gasteiger partial charge in [-0.1, -0.05) is 0 Å². The molecule has 0 spiro atoms. The molecule has 4 nitrogen and oxygen atoms in total. The quantitative estimate of drug-likeness (QED) is 0.424. The number of carbonyl (C=O) groups excluding carboxylic acids is 1. The molecule has 0 aromatic rings. The summed E-state index contributed by atoms with van der Waals surface area (Å²) >= 11 is 0. The monoisotopic (exact) mass is 168 g/mol. The predicted molar refractivity (Wildman–Crippen MR) is 25.9 cm³/mol. The Balaban J connectivity index is 0. The van der Waals surface area contributed by atoms with Gasteiger partial charge >= 0.3 is 5.97 Å². The summed E-state index contributed by atoms with van der Waals surface area (Å²) in [6.45, 7) is 1.35. The molecular weight excluding hydrogens is 162 g/mol. The van der Waals surface area contributed by atoms with Gasteiger partial charge in [0.1, 0.15) is 0 Å². The summed E-state index contributed by atoms with van der Waals surface area (Å²) < 4.78 is 0. The second-order valence-electron chi connectivity index (χ2n) is 1.31. The molecule has 0 rings (SSSR count). The van der Waals surface area contributed by atoms with Crippen LogP contribution in [-0.4, -0.2) is 23.5 Å². The van der Waals surface area contributed by atoms with E-state index in [4.69, 9.17) is 5.11 Å². The van der Waals surface area contributed by atoms with Crippen molar-refractivity contribution in [2.75, 3.05) is 0 Å². The molecular formula is C4H6CrNO3-. The van der Waals surface area contributed by atoms with Crippen LogP contribution in [0.4, 0.5) is 0 Å². The minimum absolute atomic E-state index is 0. The van der Waals surface area contributed by atoms with Gasteiger partial charge < -0.3 is 15.2 Å². The SMILES string of the molecule is CC(N[C-]=O)C(=O)O.[Cr]. The molecule has 0 saturated heterocycles. The summed E-state index contributed by atoms with van der Waals surface area (Å²) in [5.41, 5.74) is 0. The van der Waals surface area contributed by atoms with E-state index >= 15 is 0 Å². The van der Waals surface area contributed by atoms with E-state index in [9.17, 15) is 9.59 Å². The van der Waals surface area contributed by atoms with E-state index < -0.39 is 12.0 Å². The van der Waals surface area contributed by atoms with E-state index in [0.717, 1.165) is 0 Å². The van der Waals surface area contributed by atoms with Gasteiger partial charge in [-0.3, -0.25) is 4.79 Å². The third-order valence-corrected chi connectivity index (χ3v) is 0.646. The van der Waals surface area contributed by atoms with Crippen LogP contribution in [0.3, 0.4) is 0 Å². The molecule has 0 aromatic carbocycles. The van der Waals surface area contributed by atoms with Crippen LogP contribution >= 0.6 is 0 Å². The molecule has 0 heterocycles. The number of hydrogen-bond donors (Lipinski definition) is 2. The van der Waals surface area contributed by atoms with Crippen molar-refractivity contribution < 1.29 is 32.1 Å². The van der Waals surface area contributed by atoms with Crippen molar-refractivity contribution in [1.82, 2.24) is 5.32 Å². The third kappa shape index (κ3) is 5.34. The molecule has 0 aromatic heterocycles. The fraction of sp³-hybridized carbons (Fsp3) is 0.500. The van der Waals surface area contributed by atoms with Gasteiger partial charge in [-0.15, -0.1) is 0 Å². The molecule has 1 amide bonds. The standard InChI is InChI=1S/C4H6NO3.Cr/c1-3(4(7)8)5-2-6;/h3H,1H3,(H,5,6)(H,7,8);/q-1;. The molecule has 2 N–H and O–H groups in total. The molecule has 9 heavy (non-hydrogen) atoms. The average molecular weight is 168 g/mol. The van der Waals surface area contributed by atoms with Gasteiger partial charge in [0.25, 0.3) is 0 Å². The molecule has 0 aliphatic rings.